The molecule has 0 saturated carbocycles. The number of rotatable bonds is 4. The Labute approximate surface area is 150 Å². The van der Waals surface area contributed by atoms with Crippen LogP contribution in [0.2, 0.25) is 0 Å². The largest absolute Gasteiger partial charge is 0.316 e. The lowest BCUT2D eigenvalue weighted by molar-refractivity contribution is 1.24. The first-order chi connectivity index (χ1) is 12.3. The second-order valence-corrected chi connectivity index (χ2v) is 6.51. The molecule has 4 nitrogen and oxygen atoms in total. The van der Waals surface area contributed by atoms with E-state index in [-0.39, 0.29) is 0 Å². The van der Waals surface area contributed by atoms with Crippen molar-refractivity contribution in [3.8, 4) is 22.5 Å². The lowest BCUT2D eigenvalue weighted by Crippen LogP contribution is -1.96. The van der Waals surface area contributed by atoms with E-state index in [1.807, 2.05) is 48.0 Å². The molecule has 0 aliphatic heterocycles. The van der Waals surface area contributed by atoms with Gasteiger partial charge in [-0.3, -0.25) is 4.98 Å². The molecule has 25 heavy (non-hydrogen) atoms. The number of anilines is 2. The van der Waals surface area contributed by atoms with Crippen LogP contribution in [0.3, 0.4) is 0 Å². The summed E-state index contributed by atoms with van der Waals surface area (Å²) >= 11 is 1.55. The van der Waals surface area contributed by atoms with E-state index >= 15 is 0 Å². The molecule has 0 radical (unpaired) electrons. The quantitative estimate of drug-likeness (QED) is 0.544. The maximum Gasteiger partial charge on any atom is 0.188 e. The Morgan fingerprint density at radius 3 is 2.60 bits per heavy atom. The van der Waals surface area contributed by atoms with Gasteiger partial charge in [-0.25, -0.2) is 9.97 Å². The SMILES string of the molecule is Cc1ccnc(-c2csc(Nc3ncccc3-c3ccccc3)n2)c1. The van der Waals surface area contributed by atoms with Crippen LogP contribution in [0.4, 0.5) is 10.9 Å². The maximum absolute atomic E-state index is 4.66. The van der Waals surface area contributed by atoms with Gasteiger partial charge in [0.05, 0.1) is 5.69 Å². The zero-order valence-corrected chi connectivity index (χ0v) is 14.5. The third kappa shape index (κ3) is 3.41. The fraction of sp³-hybridized carbons (Fsp3) is 0.0500. The van der Waals surface area contributed by atoms with Crippen LogP contribution in [0.5, 0.6) is 0 Å². The predicted octanol–water partition coefficient (Wildman–Crippen LogP) is 5.32. The van der Waals surface area contributed by atoms with Crippen molar-refractivity contribution in [2.45, 2.75) is 6.92 Å². The summed E-state index contributed by atoms with van der Waals surface area (Å²) in [6, 6.07) is 18.2. The van der Waals surface area contributed by atoms with Crippen LogP contribution in [0.15, 0.2) is 72.4 Å². The van der Waals surface area contributed by atoms with E-state index in [0.717, 1.165) is 33.5 Å². The van der Waals surface area contributed by atoms with Gasteiger partial charge in [-0.2, -0.15) is 0 Å². The van der Waals surface area contributed by atoms with Crippen LogP contribution < -0.4 is 5.32 Å². The summed E-state index contributed by atoms with van der Waals surface area (Å²) in [4.78, 5) is 13.5. The highest BCUT2D eigenvalue weighted by molar-refractivity contribution is 7.14. The smallest absolute Gasteiger partial charge is 0.188 e. The number of benzene rings is 1. The number of aryl methyl sites for hydroxylation is 1. The molecule has 0 saturated heterocycles. The standard InChI is InChI=1S/C20H16N4S/c1-14-9-11-21-17(12-14)18-13-25-20(23-18)24-19-16(8-5-10-22-19)15-6-3-2-4-7-15/h2-13H,1H3,(H,22,23,24). The highest BCUT2D eigenvalue weighted by atomic mass is 32.1. The van der Waals surface area contributed by atoms with Crippen LogP contribution >= 0.6 is 11.3 Å². The molecule has 1 N–H and O–H groups in total. The molecule has 4 rings (SSSR count). The van der Waals surface area contributed by atoms with Crippen molar-refractivity contribution in [1.82, 2.24) is 15.0 Å². The number of hydrogen-bond acceptors (Lipinski definition) is 5. The van der Waals surface area contributed by atoms with Gasteiger partial charge < -0.3 is 5.32 Å². The van der Waals surface area contributed by atoms with Crippen molar-refractivity contribution in [2.75, 3.05) is 5.32 Å². The number of nitrogens with one attached hydrogen (secondary N) is 1. The molecule has 1 aromatic carbocycles. The zero-order valence-electron chi connectivity index (χ0n) is 13.7. The summed E-state index contributed by atoms with van der Waals surface area (Å²) in [6.45, 7) is 2.05. The second kappa shape index (κ2) is 6.83. The second-order valence-electron chi connectivity index (χ2n) is 5.65. The predicted molar refractivity (Wildman–Crippen MR) is 103 cm³/mol. The zero-order chi connectivity index (χ0) is 17.1. The van der Waals surface area contributed by atoms with E-state index in [1.54, 1.807) is 17.5 Å². The normalized spacial score (nSPS) is 10.6. The van der Waals surface area contributed by atoms with Gasteiger partial charge in [-0.05, 0) is 42.3 Å². The number of pyridine rings is 2. The first-order valence-electron chi connectivity index (χ1n) is 7.95. The van der Waals surface area contributed by atoms with Crippen LogP contribution in [-0.2, 0) is 0 Å². The van der Waals surface area contributed by atoms with Crippen LogP contribution in [0, 0.1) is 6.92 Å². The number of hydrogen-bond donors (Lipinski definition) is 1. The number of nitrogens with zero attached hydrogens (tertiary/aromatic N) is 3. The van der Waals surface area contributed by atoms with Gasteiger partial charge in [0.2, 0.25) is 0 Å². The topological polar surface area (TPSA) is 50.7 Å². The average molecular weight is 344 g/mol. The Morgan fingerprint density at radius 2 is 1.76 bits per heavy atom. The number of thiazole rings is 1. The van der Waals surface area contributed by atoms with E-state index in [2.05, 4.69) is 45.4 Å². The maximum atomic E-state index is 4.66. The van der Waals surface area contributed by atoms with Gasteiger partial charge in [0.1, 0.15) is 11.5 Å². The van der Waals surface area contributed by atoms with Gasteiger partial charge in [0.15, 0.2) is 5.13 Å². The molecule has 0 fully saturated rings. The first kappa shape index (κ1) is 15.5. The fourth-order valence-electron chi connectivity index (χ4n) is 2.58. The van der Waals surface area contributed by atoms with Crippen LogP contribution in [-0.4, -0.2) is 15.0 Å². The minimum Gasteiger partial charge on any atom is -0.316 e. The Balaban J connectivity index is 1.64. The molecular formula is C20H16N4S. The minimum atomic E-state index is 0.798. The summed E-state index contributed by atoms with van der Waals surface area (Å²) in [7, 11) is 0. The average Bonchev–Trinajstić information content (AvgIpc) is 3.12. The number of aromatic nitrogens is 3. The van der Waals surface area contributed by atoms with Gasteiger partial charge in [0, 0.05) is 23.3 Å². The summed E-state index contributed by atoms with van der Waals surface area (Å²) < 4.78 is 0. The first-order valence-corrected chi connectivity index (χ1v) is 8.83. The van der Waals surface area contributed by atoms with Gasteiger partial charge in [-0.15, -0.1) is 11.3 Å². The van der Waals surface area contributed by atoms with E-state index in [4.69, 9.17) is 0 Å². The van der Waals surface area contributed by atoms with Crippen molar-refractivity contribution in [3.05, 3.63) is 77.9 Å². The minimum absolute atomic E-state index is 0.798. The van der Waals surface area contributed by atoms with Crippen LogP contribution in [0.1, 0.15) is 5.56 Å². The highest BCUT2D eigenvalue weighted by Gasteiger charge is 2.10. The molecular weight excluding hydrogens is 328 g/mol. The Morgan fingerprint density at radius 1 is 0.880 bits per heavy atom. The molecule has 0 aliphatic rings. The monoisotopic (exact) mass is 344 g/mol. The van der Waals surface area contributed by atoms with Crippen LogP contribution in [0.25, 0.3) is 22.5 Å². The molecule has 0 aliphatic carbocycles. The van der Waals surface area contributed by atoms with Gasteiger partial charge in [0.25, 0.3) is 0 Å². The molecule has 3 aromatic heterocycles. The molecule has 0 spiro atoms. The molecule has 3 heterocycles. The third-order valence-corrected chi connectivity index (χ3v) is 4.56. The Kier molecular flexibility index (Phi) is 4.23. The molecule has 4 aromatic rings. The Bertz CT molecular complexity index is 995. The molecule has 0 unspecified atom stereocenters. The van der Waals surface area contributed by atoms with Gasteiger partial charge >= 0.3 is 0 Å². The lowest BCUT2D eigenvalue weighted by atomic mass is 10.1. The molecule has 0 amide bonds. The van der Waals surface area contributed by atoms with E-state index in [0.29, 0.717) is 0 Å². The van der Waals surface area contributed by atoms with Crippen molar-refractivity contribution in [2.24, 2.45) is 0 Å². The lowest BCUT2D eigenvalue weighted by Gasteiger charge is -2.08. The Hall–Kier alpha value is -3.05. The van der Waals surface area contributed by atoms with Crippen molar-refractivity contribution >= 4 is 22.3 Å². The van der Waals surface area contributed by atoms with E-state index in [9.17, 15) is 0 Å². The summed E-state index contributed by atoms with van der Waals surface area (Å²) in [5.41, 5.74) is 5.09. The summed E-state index contributed by atoms with van der Waals surface area (Å²) in [5.74, 6) is 0.798. The summed E-state index contributed by atoms with van der Waals surface area (Å²) in [5, 5.41) is 6.15. The third-order valence-electron chi connectivity index (χ3n) is 3.80. The molecule has 5 heteroatoms. The van der Waals surface area contributed by atoms with Crippen molar-refractivity contribution in [3.63, 3.8) is 0 Å². The molecule has 0 bridgehead atoms. The molecule has 0 atom stereocenters. The van der Waals surface area contributed by atoms with Crippen molar-refractivity contribution in [1.29, 1.82) is 0 Å². The van der Waals surface area contributed by atoms with Gasteiger partial charge in [-0.1, -0.05) is 30.3 Å². The molecule has 122 valence electrons. The fourth-order valence-corrected chi connectivity index (χ4v) is 3.29. The summed E-state index contributed by atoms with van der Waals surface area (Å²) in [6.07, 6.45) is 3.59. The van der Waals surface area contributed by atoms with Crippen molar-refractivity contribution < 1.29 is 0 Å². The van der Waals surface area contributed by atoms with E-state index in [1.165, 1.54) is 5.56 Å². The highest BCUT2D eigenvalue weighted by Crippen LogP contribution is 2.31. The van der Waals surface area contributed by atoms with E-state index < -0.39 is 0 Å².